The molecule has 4 rings (SSSR count). The third kappa shape index (κ3) is 2.82. The standard InChI is InChI=1S/C18H12ClFN2OS2/c19-15-11-6-5-9(20)7-14(11)24-16(15)17(23)22-18-12(8-21)10-3-1-2-4-13(10)25-18/h5-7H,1-4H2,(H,22,23). The molecule has 0 radical (unpaired) electrons. The van der Waals surface area contributed by atoms with Gasteiger partial charge in [0.2, 0.25) is 0 Å². The van der Waals surface area contributed by atoms with Gasteiger partial charge in [0.05, 0.1) is 10.6 Å². The summed E-state index contributed by atoms with van der Waals surface area (Å²) in [7, 11) is 0. The van der Waals surface area contributed by atoms with Crippen molar-refractivity contribution in [3.8, 4) is 6.07 Å². The highest BCUT2D eigenvalue weighted by Crippen LogP contribution is 2.40. The van der Waals surface area contributed by atoms with Gasteiger partial charge in [0, 0.05) is 15.0 Å². The Balaban J connectivity index is 1.70. The number of hydrogen-bond acceptors (Lipinski definition) is 4. The molecule has 0 aliphatic heterocycles. The zero-order chi connectivity index (χ0) is 17.6. The van der Waals surface area contributed by atoms with Gasteiger partial charge in [-0.1, -0.05) is 11.6 Å². The van der Waals surface area contributed by atoms with Gasteiger partial charge >= 0.3 is 0 Å². The molecular formula is C18H12ClFN2OS2. The van der Waals surface area contributed by atoms with Crippen LogP contribution in [-0.4, -0.2) is 5.91 Å². The van der Waals surface area contributed by atoms with Crippen LogP contribution in [0.5, 0.6) is 0 Å². The van der Waals surface area contributed by atoms with Gasteiger partial charge in [0.15, 0.2) is 0 Å². The first-order valence-electron chi connectivity index (χ1n) is 7.82. The molecule has 3 nitrogen and oxygen atoms in total. The fourth-order valence-electron chi connectivity index (χ4n) is 3.12. The fourth-order valence-corrected chi connectivity index (χ4v) is 5.79. The molecule has 2 aromatic heterocycles. The van der Waals surface area contributed by atoms with E-state index in [2.05, 4.69) is 11.4 Å². The molecule has 1 N–H and O–H groups in total. The number of anilines is 1. The third-order valence-corrected chi connectivity index (χ3v) is 7.17. The van der Waals surface area contributed by atoms with Crippen molar-refractivity contribution in [2.45, 2.75) is 25.7 Å². The summed E-state index contributed by atoms with van der Waals surface area (Å²) in [6.45, 7) is 0. The van der Waals surface area contributed by atoms with E-state index in [0.29, 0.717) is 30.6 Å². The van der Waals surface area contributed by atoms with E-state index in [4.69, 9.17) is 11.6 Å². The van der Waals surface area contributed by atoms with E-state index in [1.165, 1.54) is 28.3 Å². The monoisotopic (exact) mass is 390 g/mol. The van der Waals surface area contributed by atoms with Crippen LogP contribution in [0.2, 0.25) is 5.02 Å². The molecule has 7 heteroatoms. The summed E-state index contributed by atoms with van der Waals surface area (Å²) in [5.74, 6) is -0.725. The minimum absolute atomic E-state index is 0.317. The van der Waals surface area contributed by atoms with Gasteiger partial charge < -0.3 is 5.32 Å². The second-order valence-corrected chi connectivity index (χ2v) is 8.40. The quantitative estimate of drug-likeness (QED) is 0.604. The Kier molecular flexibility index (Phi) is 4.24. The number of nitrogens with one attached hydrogen (secondary N) is 1. The zero-order valence-corrected chi connectivity index (χ0v) is 15.4. The lowest BCUT2D eigenvalue weighted by Gasteiger charge is -2.09. The molecule has 2 heterocycles. The first kappa shape index (κ1) is 16.5. The molecule has 0 bridgehead atoms. The molecule has 0 saturated heterocycles. The maximum absolute atomic E-state index is 13.4. The predicted octanol–water partition coefficient (Wildman–Crippen LogP) is 5.76. The van der Waals surface area contributed by atoms with E-state index >= 15 is 0 Å². The predicted molar refractivity (Wildman–Crippen MR) is 100 cm³/mol. The van der Waals surface area contributed by atoms with Gasteiger partial charge in [-0.15, -0.1) is 22.7 Å². The second kappa shape index (κ2) is 6.41. The van der Waals surface area contributed by atoms with Crippen molar-refractivity contribution in [2.24, 2.45) is 0 Å². The van der Waals surface area contributed by atoms with E-state index in [1.54, 1.807) is 6.07 Å². The highest BCUT2D eigenvalue weighted by molar-refractivity contribution is 7.22. The Labute approximate surface area is 156 Å². The number of hydrogen-bond donors (Lipinski definition) is 1. The number of aryl methyl sites for hydroxylation is 1. The molecule has 3 aromatic rings. The number of fused-ring (bicyclic) bond motifs is 2. The summed E-state index contributed by atoms with van der Waals surface area (Å²) in [5.41, 5.74) is 1.63. The van der Waals surface area contributed by atoms with Crippen LogP contribution >= 0.6 is 34.3 Å². The van der Waals surface area contributed by atoms with Gasteiger partial charge in [-0.2, -0.15) is 5.26 Å². The number of rotatable bonds is 2. The van der Waals surface area contributed by atoms with Crippen molar-refractivity contribution in [1.29, 1.82) is 5.26 Å². The highest BCUT2D eigenvalue weighted by atomic mass is 35.5. The molecular weight excluding hydrogens is 379 g/mol. The average Bonchev–Trinajstić information content (AvgIpc) is 3.11. The highest BCUT2D eigenvalue weighted by Gasteiger charge is 2.24. The molecule has 126 valence electrons. The van der Waals surface area contributed by atoms with Crippen LogP contribution in [-0.2, 0) is 12.8 Å². The number of nitrogens with zero attached hydrogens (tertiary/aromatic N) is 1. The largest absolute Gasteiger partial charge is 0.312 e. The normalized spacial score (nSPS) is 13.5. The number of nitriles is 1. The molecule has 0 saturated carbocycles. The Morgan fingerprint density at radius 2 is 2.08 bits per heavy atom. The first-order valence-corrected chi connectivity index (χ1v) is 9.83. The number of carbonyl (C=O) groups excluding carboxylic acids is 1. The number of thiophene rings is 2. The maximum Gasteiger partial charge on any atom is 0.267 e. The lowest BCUT2D eigenvalue weighted by atomic mass is 9.96. The number of amides is 1. The number of carbonyl (C=O) groups is 1. The van der Waals surface area contributed by atoms with Crippen LogP contribution in [0, 0.1) is 17.1 Å². The van der Waals surface area contributed by atoms with Crippen molar-refractivity contribution in [1.82, 2.24) is 0 Å². The maximum atomic E-state index is 13.4. The van der Waals surface area contributed by atoms with Gasteiger partial charge in [-0.05, 0) is 49.4 Å². The first-order chi connectivity index (χ1) is 12.1. The Bertz CT molecular complexity index is 1050. The van der Waals surface area contributed by atoms with Gasteiger partial charge in [-0.3, -0.25) is 4.79 Å². The fraction of sp³-hybridized carbons (Fsp3) is 0.222. The lowest BCUT2D eigenvalue weighted by Crippen LogP contribution is -2.10. The molecule has 1 aliphatic rings. The van der Waals surface area contributed by atoms with Crippen molar-refractivity contribution in [2.75, 3.05) is 5.32 Å². The summed E-state index contributed by atoms with van der Waals surface area (Å²) in [6, 6.07) is 6.49. The second-order valence-electron chi connectivity index (χ2n) is 5.87. The number of benzene rings is 1. The van der Waals surface area contributed by atoms with Gasteiger partial charge in [0.25, 0.3) is 5.91 Å². The molecule has 0 atom stereocenters. The zero-order valence-electron chi connectivity index (χ0n) is 13.0. The molecule has 1 amide bonds. The van der Waals surface area contributed by atoms with E-state index in [1.807, 2.05) is 0 Å². The van der Waals surface area contributed by atoms with Gasteiger partial charge in [0.1, 0.15) is 21.8 Å². The molecule has 1 aromatic carbocycles. The smallest absolute Gasteiger partial charge is 0.267 e. The average molecular weight is 391 g/mol. The van der Waals surface area contributed by atoms with Crippen LogP contribution in [0.4, 0.5) is 9.39 Å². The summed E-state index contributed by atoms with van der Waals surface area (Å²) in [5, 5.41) is 13.9. The van der Waals surface area contributed by atoms with Crippen LogP contribution in [0.15, 0.2) is 18.2 Å². The van der Waals surface area contributed by atoms with Crippen molar-refractivity contribution in [3.05, 3.63) is 49.9 Å². The Hall–Kier alpha value is -1.94. The summed E-state index contributed by atoms with van der Waals surface area (Å²) in [4.78, 5) is 14.2. The summed E-state index contributed by atoms with van der Waals surface area (Å²) < 4.78 is 14.0. The summed E-state index contributed by atoms with van der Waals surface area (Å²) in [6.07, 6.45) is 4.01. The number of halogens is 2. The SMILES string of the molecule is N#Cc1c(NC(=O)c2sc3cc(F)ccc3c2Cl)sc2c1CCCC2. The topological polar surface area (TPSA) is 52.9 Å². The third-order valence-electron chi connectivity index (χ3n) is 4.31. The Morgan fingerprint density at radius 1 is 1.28 bits per heavy atom. The van der Waals surface area contributed by atoms with Crippen molar-refractivity contribution < 1.29 is 9.18 Å². The Morgan fingerprint density at radius 3 is 2.88 bits per heavy atom. The van der Waals surface area contributed by atoms with Gasteiger partial charge in [-0.25, -0.2) is 4.39 Å². The van der Waals surface area contributed by atoms with E-state index in [-0.39, 0.29) is 11.7 Å². The van der Waals surface area contributed by atoms with E-state index in [0.717, 1.165) is 42.6 Å². The van der Waals surface area contributed by atoms with E-state index < -0.39 is 0 Å². The minimum Gasteiger partial charge on any atom is -0.312 e. The summed E-state index contributed by atoms with van der Waals surface area (Å²) >= 11 is 8.93. The van der Waals surface area contributed by atoms with E-state index in [9.17, 15) is 14.4 Å². The molecule has 1 aliphatic carbocycles. The molecule has 0 spiro atoms. The molecule has 25 heavy (non-hydrogen) atoms. The molecule has 0 fully saturated rings. The minimum atomic E-state index is -0.366. The van der Waals surface area contributed by atoms with Crippen LogP contribution in [0.25, 0.3) is 10.1 Å². The van der Waals surface area contributed by atoms with Crippen molar-refractivity contribution >= 4 is 55.3 Å². The molecule has 0 unspecified atom stereocenters. The van der Waals surface area contributed by atoms with Crippen LogP contribution < -0.4 is 5.32 Å². The van der Waals surface area contributed by atoms with Crippen LogP contribution in [0.1, 0.15) is 38.5 Å². The lowest BCUT2D eigenvalue weighted by molar-refractivity contribution is 0.103. The van der Waals surface area contributed by atoms with Crippen molar-refractivity contribution in [3.63, 3.8) is 0 Å². The van der Waals surface area contributed by atoms with Crippen LogP contribution in [0.3, 0.4) is 0 Å².